The van der Waals surface area contributed by atoms with Gasteiger partial charge in [0.1, 0.15) is 0 Å². The lowest BCUT2D eigenvalue weighted by Gasteiger charge is -2.26. The summed E-state index contributed by atoms with van der Waals surface area (Å²) in [5.74, 6) is 1.72. The van der Waals surface area contributed by atoms with Crippen molar-refractivity contribution in [1.82, 2.24) is 9.47 Å². The average molecular weight is 292 g/mol. The van der Waals surface area contributed by atoms with Gasteiger partial charge in [-0.1, -0.05) is 12.1 Å². The van der Waals surface area contributed by atoms with Crippen molar-refractivity contribution in [2.45, 2.75) is 13.0 Å². The Hall–Kier alpha value is -1.69. The smallest absolute Gasteiger partial charge is 0.408 e. The molecule has 0 atom stereocenters. The summed E-state index contributed by atoms with van der Waals surface area (Å²) in [4.78, 5) is 25.8. The monoisotopic (exact) mass is 292 g/mol. The summed E-state index contributed by atoms with van der Waals surface area (Å²) < 4.78 is 6.69. The number of fused-ring (bicyclic) bond motifs is 1. The molecule has 2 aromatic rings. The maximum atomic E-state index is 12.1. The minimum Gasteiger partial charge on any atom is -0.408 e. The Kier molecular flexibility index (Phi) is 3.82. The Labute approximate surface area is 120 Å². The molecule has 20 heavy (non-hydrogen) atoms. The SMILES string of the molecule is O=C(CCn1c(=O)oc2ccccc21)N1CCSCC1. The maximum absolute atomic E-state index is 12.1. The van der Waals surface area contributed by atoms with Crippen LogP contribution < -0.4 is 5.76 Å². The number of thioether (sulfide) groups is 1. The molecule has 1 aromatic heterocycles. The molecule has 1 amide bonds. The standard InChI is InChI=1S/C14H16N2O3S/c17-13(15-7-9-20-10-8-15)5-6-16-11-3-1-2-4-12(11)19-14(16)18/h1-4H,5-10H2. The summed E-state index contributed by atoms with van der Waals surface area (Å²) in [6.07, 6.45) is 0.341. The van der Waals surface area contributed by atoms with Gasteiger partial charge in [-0.2, -0.15) is 11.8 Å². The van der Waals surface area contributed by atoms with Crippen LogP contribution in [0.25, 0.3) is 11.1 Å². The van der Waals surface area contributed by atoms with E-state index in [0.717, 1.165) is 30.1 Å². The van der Waals surface area contributed by atoms with Gasteiger partial charge in [-0.25, -0.2) is 4.79 Å². The number of benzene rings is 1. The van der Waals surface area contributed by atoms with E-state index in [1.807, 2.05) is 34.9 Å². The number of rotatable bonds is 3. The Morgan fingerprint density at radius 2 is 2.00 bits per heavy atom. The van der Waals surface area contributed by atoms with Crippen molar-refractivity contribution in [3.8, 4) is 0 Å². The number of amides is 1. The second kappa shape index (κ2) is 5.75. The molecule has 1 aliphatic heterocycles. The predicted molar refractivity (Wildman–Crippen MR) is 79.0 cm³/mol. The lowest BCUT2D eigenvalue weighted by Crippen LogP contribution is -2.38. The van der Waals surface area contributed by atoms with E-state index in [1.165, 1.54) is 4.57 Å². The normalized spacial score (nSPS) is 15.7. The third kappa shape index (κ3) is 2.60. The molecule has 106 valence electrons. The molecule has 1 aromatic carbocycles. The van der Waals surface area contributed by atoms with Crippen LogP contribution in [0.1, 0.15) is 6.42 Å². The minimum absolute atomic E-state index is 0.113. The summed E-state index contributed by atoms with van der Waals surface area (Å²) in [7, 11) is 0. The van der Waals surface area contributed by atoms with Crippen LogP contribution in [0.15, 0.2) is 33.5 Å². The van der Waals surface area contributed by atoms with E-state index >= 15 is 0 Å². The van der Waals surface area contributed by atoms with Crippen LogP contribution in [0.4, 0.5) is 0 Å². The van der Waals surface area contributed by atoms with Gasteiger partial charge in [0, 0.05) is 37.6 Å². The average Bonchev–Trinajstić information content (AvgIpc) is 2.81. The van der Waals surface area contributed by atoms with Crippen molar-refractivity contribution in [2.75, 3.05) is 24.6 Å². The largest absolute Gasteiger partial charge is 0.419 e. The molecule has 2 heterocycles. The second-order valence-electron chi connectivity index (χ2n) is 4.73. The highest BCUT2D eigenvalue weighted by Crippen LogP contribution is 2.13. The molecular formula is C14H16N2O3S. The van der Waals surface area contributed by atoms with Crippen LogP contribution in [-0.2, 0) is 11.3 Å². The maximum Gasteiger partial charge on any atom is 0.419 e. The second-order valence-corrected chi connectivity index (χ2v) is 5.96. The Morgan fingerprint density at radius 3 is 2.80 bits per heavy atom. The van der Waals surface area contributed by atoms with Gasteiger partial charge in [0.05, 0.1) is 5.52 Å². The zero-order valence-corrected chi connectivity index (χ0v) is 11.9. The van der Waals surface area contributed by atoms with Crippen molar-refractivity contribution >= 4 is 28.8 Å². The molecule has 3 rings (SSSR count). The van der Waals surface area contributed by atoms with Crippen LogP contribution >= 0.6 is 11.8 Å². The molecule has 0 unspecified atom stereocenters. The number of oxazole rings is 1. The number of aromatic nitrogens is 1. The summed E-state index contributed by atoms with van der Waals surface area (Å²) in [6.45, 7) is 1.99. The molecule has 0 N–H and O–H groups in total. The highest BCUT2D eigenvalue weighted by Gasteiger charge is 2.17. The van der Waals surface area contributed by atoms with E-state index in [0.29, 0.717) is 18.5 Å². The van der Waals surface area contributed by atoms with Crippen LogP contribution in [0, 0.1) is 0 Å². The Balaban J connectivity index is 1.72. The molecule has 1 fully saturated rings. The van der Waals surface area contributed by atoms with Crippen LogP contribution in [0.3, 0.4) is 0 Å². The fraction of sp³-hybridized carbons (Fsp3) is 0.429. The Morgan fingerprint density at radius 1 is 1.25 bits per heavy atom. The van der Waals surface area contributed by atoms with E-state index < -0.39 is 5.76 Å². The van der Waals surface area contributed by atoms with Gasteiger partial charge in [0.2, 0.25) is 5.91 Å². The molecule has 5 nitrogen and oxygen atoms in total. The number of carbonyl (C=O) groups is 1. The van der Waals surface area contributed by atoms with E-state index in [1.54, 1.807) is 6.07 Å². The van der Waals surface area contributed by atoms with Crippen molar-refractivity contribution in [1.29, 1.82) is 0 Å². The summed E-state index contributed by atoms with van der Waals surface area (Å²) in [5.41, 5.74) is 1.32. The number of aryl methyl sites for hydroxylation is 1. The van der Waals surface area contributed by atoms with Gasteiger partial charge in [0.25, 0.3) is 0 Å². The highest BCUT2D eigenvalue weighted by molar-refractivity contribution is 7.99. The zero-order valence-electron chi connectivity index (χ0n) is 11.1. The van der Waals surface area contributed by atoms with Gasteiger partial charge in [-0.3, -0.25) is 9.36 Å². The third-order valence-electron chi connectivity index (χ3n) is 3.49. The van der Waals surface area contributed by atoms with Crippen molar-refractivity contribution in [3.63, 3.8) is 0 Å². The number of hydrogen-bond donors (Lipinski definition) is 0. The fourth-order valence-electron chi connectivity index (χ4n) is 2.40. The lowest BCUT2D eigenvalue weighted by molar-refractivity contribution is -0.131. The van der Waals surface area contributed by atoms with Crippen LogP contribution in [0.5, 0.6) is 0 Å². The van der Waals surface area contributed by atoms with Crippen molar-refractivity contribution in [3.05, 3.63) is 34.8 Å². The van der Waals surface area contributed by atoms with Gasteiger partial charge in [0.15, 0.2) is 5.58 Å². The fourth-order valence-corrected chi connectivity index (χ4v) is 3.31. The molecule has 0 spiro atoms. The summed E-state index contributed by atoms with van der Waals surface area (Å²) >= 11 is 1.87. The van der Waals surface area contributed by atoms with Gasteiger partial charge in [-0.05, 0) is 12.1 Å². The van der Waals surface area contributed by atoms with E-state index in [2.05, 4.69) is 0 Å². The first kappa shape index (κ1) is 13.3. The molecule has 1 aliphatic rings. The Bertz CT molecular complexity index is 670. The van der Waals surface area contributed by atoms with E-state index in [-0.39, 0.29) is 5.91 Å². The number of para-hydroxylation sites is 2. The predicted octanol–water partition coefficient (Wildman–Crippen LogP) is 1.56. The summed E-state index contributed by atoms with van der Waals surface area (Å²) in [6, 6.07) is 7.28. The first-order chi connectivity index (χ1) is 9.75. The molecule has 1 saturated heterocycles. The number of hydrogen-bond acceptors (Lipinski definition) is 4. The molecule has 0 radical (unpaired) electrons. The summed E-state index contributed by atoms with van der Waals surface area (Å²) in [5, 5.41) is 0. The molecule has 0 aliphatic carbocycles. The van der Waals surface area contributed by atoms with Crippen LogP contribution in [-0.4, -0.2) is 40.0 Å². The first-order valence-corrected chi connectivity index (χ1v) is 7.85. The van der Waals surface area contributed by atoms with Gasteiger partial charge >= 0.3 is 5.76 Å². The first-order valence-electron chi connectivity index (χ1n) is 6.69. The quantitative estimate of drug-likeness (QED) is 0.861. The molecule has 0 saturated carbocycles. The van der Waals surface area contributed by atoms with E-state index in [4.69, 9.17) is 4.42 Å². The lowest BCUT2D eigenvalue weighted by atomic mass is 10.3. The topological polar surface area (TPSA) is 55.5 Å². The molecule has 0 bridgehead atoms. The highest BCUT2D eigenvalue weighted by atomic mass is 32.2. The third-order valence-corrected chi connectivity index (χ3v) is 4.43. The van der Waals surface area contributed by atoms with Gasteiger partial charge in [-0.15, -0.1) is 0 Å². The minimum atomic E-state index is -0.395. The van der Waals surface area contributed by atoms with Crippen molar-refractivity contribution < 1.29 is 9.21 Å². The zero-order chi connectivity index (χ0) is 13.9. The molecule has 6 heteroatoms. The van der Waals surface area contributed by atoms with Gasteiger partial charge < -0.3 is 9.32 Å². The number of nitrogens with zero attached hydrogens (tertiary/aromatic N) is 2. The van der Waals surface area contributed by atoms with Crippen LogP contribution in [0.2, 0.25) is 0 Å². The molecular weight excluding hydrogens is 276 g/mol. The number of carbonyl (C=O) groups excluding carboxylic acids is 1. The van der Waals surface area contributed by atoms with Crippen molar-refractivity contribution in [2.24, 2.45) is 0 Å². The van der Waals surface area contributed by atoms with E-state index in [9.17, 15) is 9.59 Å².